The van der Waals surface area contributed by atoms with Gasteiger partial charge in [0.05, 0.1) is 4.83 Å². The number of para-hydroxylation sites is 1. The molecule has 0 aliphatic carbocycles. The topological polar surface area (TPSA) is 20.3 Å². The average molecular weight is 423 g/mol. The molecule has 0 saturated carbocycles. The molecular formula is C18H17Br2NO. The van der Waals surface area contributed by atoms with Crippen LogP contribution in [0.2, 0.25) is 0 Å². The van der Waals surface area contributed by atoms with Gasteiger partial charge in [0.25, 0.3) is 0 Å². The summed E-state index contributed by atoms with van der Waals surface area (Å²) in [6.07, 6.45) is 2.06. The Morgan fingerprint density at radius 2 is 1.68 bits per heavy atom. The fourth-order valence-corrected chi connectivity index (χ4v) is 3.93. The Hall–Kier alpha value is -1.13. The molecule has 0 saturated heterocycles. The van der Waals surface area contributed by atoms with E-state index in [2.05, 4.69) is 37.9 Å². The van der Waals surface area contributed by atoms with Crippen LogP contribution < -0.4 is 4.90 Å². The lowest BCUT2D eigenvalue weighted by molar-refractivity contribution is -0.118. The van der Waals surface area contributed by atoms with Gasteiger partial charge in [-0.15, -0.1) is 0 Å². The van der Waals surface area contributed by atoms with Gasteiger partial charge < -0.3 is 4.90 Å². The number of benzene rings is 2. The second-order valence-electron chi connectivity index (χ2n) is 5.44. The third-order valence-corrected chi connectivity index (χ3v) is 6.67. The van der Waals surface area contributed by atoms with Gasteiger partial charge in [-0.3, -0.25) is 4.79 Å². The molecule has 2 unspecified atom stereocenters. The number of hydrogen-bond acceptors (Lipinski definition) is 1. The monoisotopic (exact) mass is 421 g/mol. The van der Waals surface area contributed by atoms with Crippen LogP contribution in [0.5, 0.6) is 0 Å². The summed E-state index contributed by atoms with van der Waals surface area (Å²) >= 11 is 7.26. The Bertz CT molecular complexity index is 659. The number of halogens is 2. The summed E-state index contributed by atoms with van der Waals surface area (Å²) in [5.74, 6) is 0.109. The van der Waals surface area contributed by atoms with E-state index < -0.39 is 0 Å². The van der Waals surface area contributed by atoms with Crippen molar-refractivity contribution in [2.45, 2.75) is 22.5 Å². The van der Waals surface area contributed by atoms with E-state index >= 15 is 0 Å². The van der Waals surface area contributed by atoms with Gasteiger partial charge in [-0.1, -0.05) is 80.4 Å². The summed E-state index contributed by atoms with van der Waals surface area (Å²) in [6.45, 7) is 0.784. The lowest BCUT2D eigenvalue weighted by Gasteiger charge is -2.32. The van der Waals surface area contributed by atoms with E-state index in [9.17, 15) is 4.79 Å². The number of carbonyl (C=O) groups is 1. The molecule has 114 valence electrons. The molecule has 2 aromatic carbocycles. The van der Waals surface area contributed by atoms with Gasteiger partial charge in [0, 0.05) is 12.2 Å². The predicted octanol–water partition coefficient (Wildman–Crippen LogP) is 4.87. The molecule has 1 heterocycles. The number of nitrogens with zero attached hydrogens (tertiary/aromatic N) is 1. The quantitative estimate of drug-likeness (QED) is 0.646. The Morgan fingerprint density at radius 1 is 1.00 bits per heavy atom. The van der Waals surface area contributed by atoms with Crippen LogP contribution in [0.3, 0.4) is 0 Å². The van der Waals surface area contributed by atoms with Gasteiger partial charge in [-0.05, 0) is 30.0 Å². The fraction of sp³-hybridized carbons (Fsp3) is 0.278. The number of fused-ring (bicyclic) bond motifs is 1. The lowest BCUT2D eigenvalue weighted by Crippen LogP contribution is -2.41. The Kier molecular flexibility index (Phi) is 4.99. The first-order valence-corrected chi connectivity index (χ1v) is 9.24. The van der Waals surface area contributed by atoms with Crippen molar-refractivity contribution in [1.82, 2.24) is 0 Å². The highest BCUT2D eigenvalue weighted by atomic mass is 79.9. The van der Waals surface area contributed by atoms with Crippen molar-refractivity contribution in [2.24, 2.45) is 0 Å². The van der Waals surface area contributed by atoms with Gasteiger partial charge in [0.2, 0.25) is 5.91 Å². The maximum absolute atomic E-state index is 12.9. The maximum Gasteiger partial charge on any atom is 0.242 e. The Balaban J connectivity index is 1.82. The van der Waals surface area contributed by atoms with Gasteiger partial charge in [-0.25, -0.2) is 0 Å². The van der Waals surface area contributed by atoms with Crippen molar-refractivity contribution >= 4 is 43.5 Å². The Morgan fingerprint density at radius 3 is 2.45 bits per heavy atom. The molecular weight excluding hydrogens is 406 g/mol. The van der Waals surface area contributed by atoms with Gasteiger partial charge in [0.15, 0.2) is 0 Å². The van der Waals surface area contributed by atoms with E-state index in [0.29, 0.717) is 0 Å². The molecule has 1 amide bonds. The fourth-order valence-electron chi connectivity index (χ4n) is 2.84. The van der Waals surface area contributed by atoms with Crippen LogP contribution in [0.1, 0.15) is 22.4 Å². The molecule has 2 nitrogen and oxygen atoms in total. The molecule has 1 aliphatic heterocycles. The van der Waals surface area contributed by atoms with E-state index in [1.807, 2.05) is 53.4 Å². The molecule has 0 spiro atoms. The summed E-state index contributed by atoms with van der Waals surface area (Å²) in [7, 11) is 0. The van der Waals surface area contributed by atoms with Gasteiger partial charge >= 0.3 is 0 Å². The second kappa shape index (κ2) is 6.97. The second-order valence-corrected chi connectivity index (χ2v) is 7.41. The molecule has 0 radical (unpaired) electrons. The molecule has 2 atom stereocenters. The zero-order valence-electron chi connectivity index (χ0n) is 12.1. The van der Waals surface area contributed by atoms with Crippen LogP contribution >= 0.6 is 31.9 Å². The first kappa shape index (κ1) is 15.8. The van der Waals surface area contributed by atoms with Crippen LogP contribution in [0.4, 0.5) is 5.69 Å². The number of anilines is 1. The molecule has 2 aromatic rings. The number of rotatable bonds is 3. The number of alkyl halides is 2. The molecule has 0 N–H and O–H groups in total. The van der Waals surface area contributed by atoms with Crippen molar-refractivity contribution in [3.63, 3.8) is 0 Å². The minimum Gasteiger partial charge on any atom is -0.311 e. The van der Waals surface area contributed by atoms with Crippen molar-refractivity contribution in [2.75, 3.05) is 11.4 Å². The molecule has 22 heavy (non-hydrogen) atoms. The van der Waals surface area contributed by atoms with Crippen LogP contribution in [0.15, 0.2) is 54.6 Å². The van der Waals surface area contributed by atoms with Crippen LogP contribution in [0, 0.1) is 0 Å². The summed E-state index contributed by atoms with van der Waals surface area (Å²) in [5, 5.41) is 0. The molecule has 0 fully saturated rings. The van der Waals surface area contributed by atoms with E-state index in [-0.39, 0.29) is 15.6 Å². The zero-order valence-corrected chi connectivity index (χ0v) is 15.3. The molecule has 0 aromatic heterocycles. The largest absolute Gasteiger partial charge is 0.311 e. The van der Waals surface area contributed by atoms with Gasteiger partial charge in [0.1, 0.15) is 4.83 Å². The average Bonchev–Trinajstić information content (AvgIpc) is 2.60. The molecule has 0 bridgehead atoms. The van der Waals surface area contributed by atoms with Crippen LogP contribution in [0.25, 0.3) is 0 Å². The van der Waals surface area contributed by atoms with Crippen LogP contribution in [-0.2, 0) is 11.2 Å². The normalized spacial score (nSPS) is 16.7. The highest BCUT2D eigenvalue weighted by Gasteiger charge is 2.31. The summed E-state index contributed by atoms with van der Waals surface area (Å²) in [4.78, 5) is 14.5. The lowest BCUT2D eigenvalue weighted by atomic mass is 10.0. The number of amides is 1. The summed E-state index contributed by atoms with van der Waals surface area (Å²) < 4.78 is 0. The molecule has 3 rings (SSSR count). The van der Waals surface area contributed by atoms with E-state index in [4.69, 9.17) is 0 Å². The smallest absolute Gasteiger partial charge is 0.242 e. The van der Waals surface area contributed by atoms with Crippen LogP contribution in [-0.4, -0.2) is 17.3 Å². The summed E-state index contributed by atoms with van der Waals surface area (Å²) in [5.41, 5.74) is 3.41. The third-order valence-electron chi connectivity index (χ3n) is 3.99. The zero-order chi connectivity index (χ0) is 15.5. The Labute approximate surface area is 147 Å². The van der Waals surface area contributed by atoms with E-state index in [0.717, 1.165) is 30.6 Å². The predicted molar refractivity (Wildman–Crippen MR) is 97.9 cm³/mol. The third kappa shape index (κ3) is 3.13. The number of hydrogen-bond donors (Lipinski definition) is 0. The van der Waals surface area contributed by atoms with Crippen molar-refractivity contribution < 1.29 is 4.79 Å². The number of aryl methyl sites for hydroxylation is 1. The summed E-state index contributed by atoms with van der Waals surface area (Å²) in [6, 6.07) is 18.2. The van der Waals surface area contributed by atoms with Crippen molar-refractivity contribution in [3.05, 3.63) is 65.7 Å². The van der Waals surface area contributed by atoms with Gasteiger partial charge in [-0.2, -0.15) is 0 Å². The SMILES string of the molecule is O=C(C(Br)C(Br)c1ccccc1)N1CCCc2ccccc21. The minimum absolute atomic E-state index is 0.0460. The first-order chi connectivity index (χ1) is 10.7. The van der Waals surface area contributed by atoms with Crippen molar-refractivity contribution in [1.29, 1.82) is 0 Å². The molecule has 4 heteroatoms. The number of carbonyl (C=O) groups excluding carboxylic acids is 1. The first-order valence-electron chi connectivity index (χ1n) is 7.41. The highest BCUT2D eigenvalue weighted by Crippen LogP contribution is 2.35. The minimum atomic E-state index is -0.291. The molecule has 1 aliphatic rings. The highest BCUT2D eigenvalue weighted by molar-refractivity contribution is 9.12. The standard InChI is InChI=1S/C18H17Br2NO/c19-16(14-8-2-1-3-9-14)17(20)18(22)21-12-6-10-13-7-4-5-11-15(13)21/h1-5,7-9,11,16-17H,6,10,12H2. The van der Waals surface area contributed by atoms with Crippen molar-refractivity contribution in [3.8, 4) is 0 Å². The maximum atomic E-state index is 12.9. The van der Waals surface area contributed by atoms with E-state index in [1.165, 1.54) is 5.56 Å². The van der Waals surface area contributed by atoms with E-state index in [1.54, 1.807) is 0 Å².